The maximum Gasteiger partial charge on any atom is 0.315 e. The van der Waals surface area contributed by atoms with Crippen LogP contribution in [-0.4, -0.2) is 41.6 Å². The maximum absolute atomic E-state index is 11.5. The zero-order valence-electron chi connectivity index (χ0n) is 10.4. The highest BCUT2D eigenvalue weighted by Gasteiger charge is 2.21. The lowest BCUT2D eigenvalue weighted by molar-refractivity contribution is -0.137. The van der Waals surface area contributed by atoms with Crippen LogP contribution in [0.15, 0.2) is 0 Å². The molecule has 102 valence electrons. The molecule has 3 amide bonds. The second-order valence-electron chi connectivity index (χ2n) is 4.36. The molecule has 2 unspecified atom stereocenters. The molecule has 0 bridgehead atoms. The average Bonchev–Trinajstić information content (AvgIpc) is 2.71. The Morgan fingerprint density at radius 3 is 2.78 bits per heavy atom. The first-order valence-corrected chi connectivity index (χ1v) is 6.06. The summed E-state index contributed by atoms with van der Waals surface area (Å²) in [6.07, 6.45) is 1.67. The number of aliphatic carboxylic acids is 1. The Hall–Kier alpha value is -1.79. The summed E-state index contributed by atoms with van der Waals surface area (Å²) >= 11 is 0. The van der Waals surface area contributed by atoms with Crippen LogP contribution < -0.4 is 16.0 Å². The molecule has 0 aliphatic carbocycles. The topological polar surface area (TPSA) is 108 Å². The van der Waals surface area contributed by atoms with Gasteiger partial charge < -0.3 is 21.1 Å². The van der Waals surface area contributed by atoms with E-state index < -0.39 is 12.0 Å². The number of carbonyl (C=O) groups excluding carboxylic acids is 2. The standard InChI is InChI=1S/C11H19N3O4/c1-2-7(5-10(16)17)14-11(18)12-6-8-3-4-9(15)13-8/h7-8H,2-6H2,1H3,(H,13,15)(H,16,17)(H2,12,14,18). The molecule has 7 heteroatoms. The summed E-state index contributed by atoms with van der Waals surface area (Å²) in [6, 6.07) is -0.798. The fraction of sp³-hybridized carbons (Fsp3) is 0.727. The Balaban J connectivity index is 2.23. The van der Waals surface area contributed by atoms with Crippen LogP contribution in [0.2, 0.25) is 0 Å². The first-order valence-electron chi connectivity index (χ1n) is 6.06. The van der Waals surface area contributed by atoms with Crippen LogP contribution in [0.4, 0.5) is 4.79 Å². The van der Waals surface area contributed by atoms with Crippen molar-refractivity contribution in [3.8, 4) is 0 Å². The van der Waals surface area contributed by atoms with Crippen LogP contribution in [0.1, 0.15) is 32.6 Å². The van der Waals surface area contributed by atoms with E-state index in [4.69, 9.17) is 5.11 Å². The van der Waals surface area contributed by atoms with Crippen molar-refractivity contribution in [3.05, 3.63) is 0 Å². The van der Waals surface area contributed by atoms with E-state index in [1.165, 1.54) is 0 Å². The summed E-state index contributed by atoms with van der Waals surface area (Å²) in [4.78, 5) is 33.0. The summed E-state index contributed by atoms with van der Waals surface area (Å²) < 4.78 is 0. The minimum absolute atomic E-state index is 0.000444. The van der Waals surface area contributed by atoms with Crippen LogP contribution >= 0.6 is 0 Å². The van der Waals surface area contributed by atoms with Gasteiger partial charge in [0.1, 0.15) is 0 Å². The van der Waals surface area contributed by atoms with Crippen molar-refractivity contribution in [1.82, 2.24) is 16.0 Å². The van der Waals surface area contributed by atoms with Gasteiger partial charge in [-0.1, -0.05) is 6.92 Å². The largest absolute Gasteiger partial charge is 0.481 e. The van der Waals surface area contributed by atoms with Crippen LogP contribution in [0.5, 0.6) is 0 Å². The number of carboxylic acid groups (broad SMARTS) is 1. The van der Waals surface area contributed by atoms with Crippen molar-refractivity contribution in [2.75, 3.05) is 6.54 Å². The van der Waals surface area contributed by atoms with Crippen molar-refractivity contribution in [3.63, 3.8) is 0 Å². The van der Waals surface area contributed by atoms with Gasteiger partial charge in [-0.15, -0.1) is 0 Å². The molecular formula is C11H19N3O4. The van der Waals surface area contributed by atoms with Crippen LogP contribution in [0, 0.1) is 0 Å². The molecule has 1 fully saturated rings. The molecule has 1 aliphatic rings. The lowest BCUT2D eigenvalue weighted by Crippen LogP contribution is -2.46. The molecule has 2 atom stereocenters. The van der Waals surface area contributed by atoms with Gasteiger partial charge in [0, 0.05) is 25.0 Å². The van der Waals surface area contributed by atoms with Crippen molar-refractivity contribution in [2.45, 2.75) is 44.7 Å². The maximum atomic E-state index is 11.5. The summed E-state index contributed by atoms with van der Waals surface area (Å²) in [5.74, 6) is -0.940. The van der Waals surface area contributed by atoms with Crippen LogP contribution in [0.3, 0.4) is 0 Å². The predicted octanol–water partition coefficient (Wildman–Crippen LogP) is -0.182. The third-order valence-corrected chi connectivity index (χ3v) is 2.84. The van der Waals surface area contributed by atoms with E-state index in [9.17, 15) is 14.4 Å². The van der Waals surface area contributed by atoms with Gasteiger partial charge >= 0.3 is 12.0 Å². The minimum Gasteiger partial charge on any atom is -0.481 e. The lowest BCUT2D eigenvalue weighted by atomic mass is 10.1. The fourth-order valence-electron chi connectivity index (χ4n) is 1.79. The first-order chi connectivity index (χ1) is 8.51. The quantitative estimate of drug-likeness (QED) is 0.529. The number of amides is 3. The van der Waals surface area contributed by atoms with Crippen molar-refractivity contribution in [1.29, 1.82) is 0 Å². The molecule has 0 spiro atoms. The molecule has 18 heavy (non-hydrogen) atoms. The molecule has 1 aliphatic heterocycles. The smallest absolute Gasteiger partial charge is 0.315 e. The third kappa shape index (κ3) is 5.03. The molecule has 0 aromatic rings. The SMILES string of the molecule is CCC(CC(=O)O)NC(=O)NCC1CCC(=O)N1. The van der Waals surface area contributed by atoms with Gasteiger partial charge in [-0.05, 0) is 12.8 Å². The van der Waals surface area contributed by atoms with E-state index in [0.717, 1.165) is 0 Å². The Morgan fingerprint density at radius 1 is 1.56 bits per heavy atom. The number of carbonyl (C=O) groups is 3. The van der Waals surface area contributed by atoms with E-state index >= 15 is 0 Å². The number of nitrogens with one attached hydrogen (secondary N) is 3. The Labute approximate surface area is 105 Å². The predicted molar refractivity (Wildman–Crippen MR) is 64.0 cm³/mol. The van der Waals surface area contributed by atoms with E-state index in [2.05, 4.69) is 16.0 Å². The normalized spacial score (nSPS) is 20.1. The fourth-order valence-corrected chi connectivity index (χ4v) is 1.79. The zero-order chi connectivity index (χ0) is 13.5. The van der Waals surface area contributed by atoms with Crippen LogP contribution in [-0.2, 0) is 9.59 Å². The molecule has 1 saturated heterocycles. The highest BCUT2D eigenvalue weighted by molar-refractivity contribution is 5.79. The second kappa shape index (κ2) is 6.83. The van der Waals surface area contributed by atoms with Crippen molar-refractivity contribution in [2.24, 2.45) is 0 Å². The van der Waals surface area contributed by atoms with Gasteiger partial charge in [-0.3, -0.25) is 9.59 Å². The zero-order valence-corrected chi connectivity index (χ0v) is 10.4. The molecule has 0 saturated carbocycles. The van der Waals surface area contributed by atoms with E-state index in [1.807, 2.05) is 6.92 Å². The number of urea groups is 1. The lowest BCUT2D eigenvalue weighted by Gasteiger charge is -2.17. The summed E-state index contributed by atoms with van der Waals surface area (Å²) in [7, 11) is 0. The van der Waals surface area contributed by atoms with Gasteiger partial charge in [0.2, 0.25) is 5.91 Å². The van der Waals surface area contributed by atoms with Gasteiger partial charge in [-0.2, -0.15) is 0 Å². The van der Waals surface area contributed by atoms with Gasteiger partial charge in [0.25, 0.3) is 0 Å². The Morgan fingerprint density at radius 2 is 2.28 bits per heavy atom. The molecule has 0 aromatic heterocycles. The van der Waals surface area contributed by atoms with Crippen molar-refractivity contribution >= 4 is 17.9 Å². The molecule has 1 rings (SSSR count). The van der Waals surface area contributed by atoms with Gasteiger partial charge in [-0.25, -0.2) is 4.79 Å². The summed E-state index contributed by atoms with van der Waals surface area (Å²) in [5.41, 5.74) is 0. The summed E-state index contributed by atoms with van der Waals surface area (Å²) in [6.45, 7) is 2.17. The molecule has 4 N–H and O–H groups in total. The number of rotatable bonds is 6. The Bertz CT molecular complexity index is 332. The monoisotopic (exact) mass is 257 g/mol. The highest BCUT2D eigenvalue weighted by Crippen LogP contribution is 2.05. The molecule has 0 aromatic carbocycles. The first kappa shape index (κ1) is 14.3. The molecular weight excluding hydrogens is 238 g/mol. The summed E-state index contributed by atoms with van der Waals surface area (Å²) in [5, 5.41) is 16.6. The molecule has 1 heterocycles. The minimum atomic E-state index is -0.940. The van der Waals surface area contributed by atoms with E-state index in [1.54, 1.807) is 0 Å². The highest BCUT2D eigenvalue weighted by atomic mass is 16.4. The molecule has 7 nitrogen and oxygen atoms in total. The number of carboxylic acids is 1. The van der Waals surface area contributed by atoms with E-state index in [-0.39, 0.29) is 24.4 Å². The Kier molecular flexibility index (Phi) is 5.41. The third-order valence-electron chi connectivity index (χ3n) is 2.84. The van der Waals surface area contributed by atoms with Crippen molar-refractivity contribution < 1.29 is 19.5 Å². The number of hydrogen-bond acceptors (Lipinski definition) is 3. The van der Waals surface area contributed by atoms with Crippen LogP contribution in [0.25, 0.3) is 0 Å². The second-order valence-corrected chi connectivity index (χ2v) is 4.36. The van der Waals surface area contributed by atoms with Gasteiger partial charge in [0.15, 0.2) is 0 Å². The van der Waals surface area contributed by atoms with E-state index in [0.29, 0.717) is 25.8 Å². The van der Waals surface area contributed by atoms with Gasteiger partial charge in [0.05, 0.1) is 6.42 Å². The molecule has 0 radical (unpaired) electrons. The number of hydrogen-bond donors (Lipinski definition) is 4. The average molecular weight is 257 g/mol.